The summed E-state index contributed by atoms with van der Waals surface area (Å²) in [6, 6.07) is 3.88. The number of hydrogen-bond donors (Lipinski definition) is 4. The van der Waals surface area contributed by atoms with Crippen molar-refractivity contribution in [3.63, 3.8) is 0 Å². The number of aliphatic hydroxyl groups is 2. The molecule has 9 heteroatoms. The Kier molecular flexibility index (Phi) is 4.22. The molecule has 9 nitrogen and oxygen atoms in total. The smallest absolute Gasteiger partial charge is 0.330 e. The van der Waals surface area contributed by atoms with Gasteiger partial charge in [-0.3, -0.25) is 14.3 Å². The van der Waals surface area contributed by atoms with Gasteiger partial charge in [-0.25, -0.2) is 9.78 Å². The maximum atomic E-state index is 12.3. The first-order valence-electron chi connectivity index (χ1n) is 8.64. The van der Waals surface area contributed by atoms with Crippen molar-refractivity contribution < 1.29 is 14.9 Å². The van der Waals surface area contributed by atoms with E-state index in [4.69, 9.17) is 4.74 Å². The molecule has 3 atom stereocenters. The third-order valence-corrected chi connectivity index (χ3v) is 5.01. The molecular formula is C18H20N4O5. The third kappa shape index (κ3) is 2.99. The van der Waals surface area contributed by atoms with E-state index in [1.165, 1.54) is 10.8 Å². The number of rotatable bonds is 3. The van der Waals surface area contributed by atoms with Gasteiger partial charge in [0.05, 0.1) is 29.3 Å². The highest BCUT2D eigenvalue weighted by molar-refractivity contribution is 5.80. The molecule has 0 amide bonds. The Hall–Kier alpha value is -2.75. The number of aryl methyl sites for hydroxylation is 2. The number of benzene rings is 1. The largest absolute Gasteiger partial charge is 0.394 e. The second-order valence-corrected chi connectivity index (χ2v) is 6.86. The molecule has 0 saturated carbocycles. The molecule has 142 valence electrons. The first kappa shape index (κ1) is 17.7. The fourth-order valence-corrected chi connectivity index (χ4v) is 3.32. The summed E-state index contributed by atoms with van der Waals surface area (Å²) in [4.78, 5) is 34.4. The van der Waals surface area contributed by atoms with Crippen LogP contribution in [0.2, 0.25) is 0 Å². The first-order valence-corrected chi connectivity index (χ1v) is 8.64. The van der Waals surface area contributed by atoms with Crippen LogP contribution in [0.3, 0.4) is 0 Å². The van der Waals surface area contributed by atoms with Crippen LogP contribution in [0.1, 0.15) is 23.8 Å². The maximum Gasteiger partial charge on any atom is 0.330 e. The number of fused-ring (bicyclic) bond motifs is 1. The van der Waals surface area contributed by atoms with Gasteiger partial charge in [-0.15, -0.1) is 0 Å². The minimum absolute atomic E-state index is 0.134. The monoisotopic (exact) mass is 372 g/mol. The summed E-state index contributed by atoms with van der Waals surface area (Å²) in [7, 11) is 0. The van der Waals surface area contributed by atoms with Crippen LogP contribution in [0.5, 0.6) is 0 Å². The lowest BCUT2D eigenvalue weighted by Gasteiger charge is -2.14. The molecule has 1 fully saturated rings. The van der Waals surface area contributed by atoms with Gasteiger partial charge in [-0.2, -0.15) is 0 Å². The minimum Gasteiger partial charge on any atom is -0.394 e. The van der Waals surface area contributed by atoms with Crippen molar-refractivity contribution in [3.8, 4) is 11.4 Å². The number of aromatic nitrogens is 4. The van der Waals surface area contributed by atoms with Crippen molar-refractivity contribution in [2.75, 3.05) is 6.61 Å². The predicted molar refractivity (Wildman–Crippen MR) is 97.5 cm³/mol. The zero-order valence-corrected chi connectivity index (χ0v) is 14.9. The molecule has 0 spiro atoms. The van der Waals surface area contributed by atoms with Gasteiger partial charge < -0.3 is 19.9 Å². The Bertz CT molecular complexity index is 1090. The second kappa shape index (κ2) is 6.45. The zero-order valence-electron chi connectivity index (χ0n) is 14.9. The van der Waals surface area contributed by atoms with E-state index in [1.54, 1.807) is 0 Å². The zero-order chi connectivity index (χ0) is 19.3. The number of aromatic amines is 2. The lowest BCUT2D eigenvalue weighted by Crippen LogP contribution is -2.33. The van der Waals surface area contributed by atoms with E-state index in [1.807, 2.05) is 26.0 Å². The first-order chi connectivity index (χ1) is 12.9. The second-order valence-electron chi connectivity index (χ2n) is 6.86. The van der Waals surface area contributed by atoms with Crippen molar-refractivity contribution in [1.82, 2.24) is 19.5 Å². The summed E-state index contributed by atoms with van der Waals surface area (Å²) < 4.78 is 6.73. The summed E-state index contributed by atoms with van der Waals surface area (Å²) in [5.41, 5.74) is 2.66. The van der Waals surface area contributed by atoms with Gasteiger partial charge in [0, 0.05) is 12.6 Å². The summed E-state index contributed by atoms with van der Waals surface area (Å²) in [5.74, 6) is 0.335. The molecule has 1 aliphatic heterocycles. The highest BCUT2D eigenvalue weighted by atomic mass is 16.5. The van der Waals surface area contributed by atoms with Gasteiger partial charge in [0.1, 0.15) is 18.2 Å². The van der Waals surface area contributed by atoms with Gasteiger partial charge in [0.25, 0.3) is 5.56 Å². The summed E-state index contributed by atoms with van der Waals surface area (Å²) in [6.07, 6.45) is -0.937. The molecule has 3 aromatic rings. The normalized spacial score (nSPS) is 22.6. The summed E-state index contributed by atoms with van der Waals surface area (Å²) in [5, 5.41) is 19.1. The van der Waals surface area contributed by atoms with Crippen LogP contribution in [0.25, 0.3) is 22.4 Å². The van der Waals surface area contributed by atoms with Gasteiger partial charge >= 0.3 is 5.69 Å². The van der Waals surface area contributed by atoms with E-state index >= 15 is 0 Å². The van der Waals surface area contributed by atoms with Crippen molar-refractivity contribution >= 4 is 11.0 Å². The number of imidazole rings is 1. The Balaban J connectivity index is 1.80. The van der Waals surface area contributed by atoms with Gasteiger partial charge in [0.2, 0.25) is 0 Å². The van der Waals surface area contributed by atoms with Crippen molar-refractivity contribution in [3.05, 3.63) is 50.3 Å². The molecule has 3 unspecified atom stereocenters. The average molecular weight is 372 g/mol. The van der Waals surface area contributed by atoms with Crippen LogP contribution >= 0.6 is 0 Å². The standard InChI is InChI=1S/C18H20N4O5/c1-8-3-11-12(4-9(8)2)20-16(19-11)10-6-22(18(26)21-17(10)25)15-5-13(24)14(7-23)27-15/h3-4,6,13-15,23-24H,5,7H2,1-2H3,(H,19,20)(H,21,25,26). The number of nitrogens with zero attached hydrogens (tertiary/aromatic N) is 2. The van der Waals surface area contributed by atoms with E-state index in [-0.39, 0.29) is 18.6 Å². The number of ether oxygens (including phenoxy) is 1. The van der Waals surface area contributed by atoms with Crippen molar-refractivity contribution in [2.24, 2.45) is 0 Å². The van der Waals surface area contributed by atoms with Crippen molar-refractivity contribution in [1.29, 1.82) is 0 Å². The highest BCUT2D eigenvalue weighted by Crippen LogP contribution is 2.28. The molecule has 1 aromatic carbocycles. The molecule has 0 bridgehead atoms. The van der Waals surface area contributed by atoms with E-state index < -0.39 is 29.7 Å². The van der Waals surface area contributed by atoms with Crippen LogP contribution in [0, 0.1) is 13.8 Å². The van der Waals surface area contributed by atoms with Gasteiger partial charge in [-0.1, -0.05) is 0 Å². The molecule has 4 rings (SSSR count). The highest BCUT2D eigenvalue weighted by Gasteiger charge is 2.35. The molecule has 1 aliphatic rings. The maximum absolute atomic E-state index is 12.3. The molecule has 0 radical (unpaired) electrons. The van der Waals surface area contributed by atoms with E-state index in [2.05, 4.69) is 15.0 Å². The summed E-state index contributed by atoms with van der Waals surface area (Å²) >= 11 is 0. The van der Waals surface area contributed by atoms with E-state index in [0.717, 1.165) is 22.2 Å². The molecule has 27 heavy (non-hydrogen) atoms. The predicted octanol–water partition coefficient (Wildman–Crippen LogP) is 0.337. The molecule has 3 heterocycles. The fourth-order valence-electron chi connectivity index (χ4n) is 3.32. The molecule has 4 N–H and O–H groups in total. The molecule has 2 aromatic heterocycles. The summed E-state index contributed by atoms with van der Waals surface area (Å²) in [6.45, 7) is 3.62. The van der Waals surface area contributed by atoms with Crippen LogP contribution in [-0.2, 0) is 4.74 Å². The van der Waals surface area contributed by atoms with Crippen LogP contribution in [0.15, 0.2) is 27.9 Å². The fraction of sp³-hybridized carbons (Fsp3) is 0.389. The minimum atomic E-state index is -0.889. The van der Waals surface area contributed by atoms with E-state index in [0.29, 0.717) is 5.82 Å². The topological polar surface area (TPSA) is 133 Å². The van der Waals surface area contributed by atoms with Crippen LogP contribution < -0.4 is 11.2 Å². The van der Waals surface area contributed by atoms with Crippen LogP contribution in [-0.4, -0.2) is 48.5 Å². The Morgan fingerprint density at radius 2 is 2.00 bits per heavy atom. The van der Waals surface area contributed by atoms with Crippen molar-refractivity contribution in [2.45, 2.75) is 38.7 Å². The molecule has 1 saturated heterocycles. The van der Waals surface area contributed by atoms with Gasteiger partial charge in [-0.05, 0) is 37.1 Å². The Labute approximate surface area is 153 Å². The van der Waals surface area contributed by atoms with E-state index in [9.17, 15) is 19.8 Å². The average Bonchev–Trinajstić information content (AvgIpc) is 3.18. The molecular weight excluding hydrogens is 352 g/mol. The Morgan fingerprint density at radius 1 is 1.26 bits per heavy atom. The SMILES string of the molecule is Cc1cc2nc(-c3cn(C4CC(O)C(CO)O4)c(=O)[nH]c3=O)[nH]c2cc1C. The number of nitrogens with one attached hydrogen (secondary N) is 2. The lowest BCUT2D eigenvalue weighted by molar-refractivity contribution is -0.0458. The third-order valence-electron chi connectivity index (χ3n) is 5.01. The lowest BCUT2D eigenvalue weighted by atomic mass is 10.1. The number of aliphatic hydroxyl groups excluding tert-OH is 2. The van der Waals surface area contributed by atoms with Gasteiger partial charge in [0.15, 0.2) is 0 Å². The Morgan fingerprint density at radius 3 is 2.70 bits per heavy atom. The van der Waals surface area contributed by atoms with Crippen LogP contribution in [0.4, 0.5) is 0 Å². The number of H-pyrrole nitrogens is 2. The molecule has 0 aliphatic carbocycles. The number of hydrogen-bond acceptors (Lipinski definition) is 6. The quantitative estimate of drug-likeness (QED) is 0.524.